The molecule has 0 saturated carbocycles. The van der Waals surface area contributed by atoms with Gasteiger partial charge in [-0.05, 0) is 119 Å². The lowest BCUT2D eigenvalue weighted by molar-refractivity contribution is -0.138. The quantitative estimate of drug-likeness (QED) is 0.109. The first kappa shape index (κ1) is 42.0. The second-order valence-corrected chi connectivity index (χ2v) is 17.6. The van der Waals surface area contributed by atoms with E-state index in [-0.39, 0.29) is 40.7 Å². The van der Waals surface area contributed by atoms with E-state index in [0.717, 1.165) is 15.6 Å². The largest absolute Gasteiger partial charge is 0.492 e. The van der Waals surface area contributed by atoms with Crippen molar-refractivity contribution in [1.82, 2.24) is 25.4 Å². The predicted octanol–water partition coefficient (Wildman–Crippen LogP) is 8.96. The number of esters is 1. The lowest BCUT2D eigenvalue weighted by atomic mass is 9.81. The number of aromatic nitrogens is 3. The number of carbonyl (C=O) groups excluding carboxylic acids is 2. The fraction of sp³-hybridized carbons (Fsp3) is 0.386. The van der Waals surface area contributed by atoms with Gasteiger partial charge in [-0.25, -0.2) is 33.2 Å². The van der Waals surface area contributed by atoms with Gasteiger partial charge < -0.3 is 29.3 Å². The number of benzene rings is 2. The van der Waals surface area contributed by atoms with E-state index in [1.54, 1.807) is 57.0 Å². The molecule has 2 aromatic carbocycles. The third-order valence-corrected chi connectivity index (χ3v) is 12.6. The third kappa shape index (κ3) is 8.34. The molecule has 1 saturated heterocycles. The highest BCUT2D eigenvalue weighted by Crippen LogP contribution is 2.50. The molecule has 5 aromatic rings. The number of anilines is 1. The molecule has 61 heavy (non-hydrogen) atoms. The van der Waals surface area contributed by atoms with Crippen molar-refractivity contribution in [2.45, 2.75) is 89.8 Å². The minimum absolute atomic E-state index is 0.0106. The number of dihydropyridines is 1. The fourth-order valence-corrected chi connectivity index (χ4v) is 9.98. The van der Waals surface area contributed by atoms with Crippen molar-refractivity contribution in [3.05, 3.63) is 120 Å². The number of pyridine rings is 1. The molecule has 320 valence electrons. The van der Waals surface area contributed by atoms with Gasteiger partial charge in [-0.15, -0.1) is 16.4 Å². The lowest BCUT2D eigenvalue weighted by Crippen LogP contribution is -2.45. The first-order chi connectivity index (χ1) is 29.2. The van der Waals surface area contributed by atoms with Crippen LogP contribution in [0.5, 0.6) is 5.75 Å². The zero-order valence-corrected chi connectivity index (χ0v) is 35.8. The molecule has 1 amide bonds. The summed E-state index contributed by atoms with van der Waals surface area (Å²) in [6.45, 7) is 7.54. The number of methoxy groups -OCH3 is 1. The van der Waals surface area contributed by atoms with Gasteiger partial charge >= 0.3 is 17.8 Å². The first-order valence-corrected chi connectivity index (χ1v) is 21.3. The van der Waals surface area contributed by atoms with E-state index in [1.807, 2.05) is 12.1 Å². The van der Waals surface area contributed by atoms with Crippen molar-refractivity contribution >= 4 is 56.5 Å². The van der Waals surface area contributed by atoms with E-state index in [2.05, 4.69) is 20.8 Å². The average Bonchev–Trinajstić information content (AvgIpc) is 4.04. The van der Waals surface area contributed by atoms with Crippen molar-refractivity contribution in [3.8, 4) is 5.75 Å². The Bertz CT molecular complexity index is 2630. The number of hydrogen-bond acceptors (Lipinski definition) is 12. The summed E-state index contributed by atoms with van der Waals surface area (Å²) in [5.41, 5.74) is 2.96. The van der Waals surface area contributed by atoms with Crippen LogP contribution in [-0.4, -0.2) is 64.0 Å². The summed E-state index contributed by atoms with van der Waals surface area (Å²) in [6, 6.07) is 10.8. The van der Waals surface area contributed by atoms with Gasteiger partial charge in [-0.2, -0.15) is 0 Å². The summed E-state index contributed by atoms with van der Waals surface area (Å²) < 4.78 is 52.7. The summed E-state index contributed by atoms with van der Waals surface area (Å²) in [7, 11) is 1.38. The summed E-state index contributed by atoms with van der Waals surface area (Å²) >= 11 is 7.82. The van der Waals surface area contributed by atoms with Crippen LogP contribution in [0.25, 0.3) is 15.7 Å². The van der Waals surface area contributed by atoms with Gasteiger partial charge in [0, 0.05) is 34.6 Å². The number of carbonyl (C=O) groups is 2. The van der Waals surface area contributed by atoms with Crippen molar-refractivity contribution < 1.29 is 37.0 Å². The number of thiophene rings is 1. The van der Waals surface area contributed by atoms with Crippen molar-refractivity contribution in [3.63, 3.8) is 0 Å². The molecule has 17 heteroatoms. The summed E-state index contributed by atoms with van der Waals surface area (Å²) in [6.07, 6.45) is 4.09. The Morgan fingerprint density at radius 1 is 1.11 bits per heavy atom. The molecule has 3 N–H and O–H groups in total. The van der Waals surface area contributed by atoms with Crippen LogP contribution >= 0.6 is 22.9 Å². The number of aromatic amines is 1. The molecule has 0 bridgehead atoms. The molecule has 1 unspecified atom stereocenters. The van der Waals surface area contributed by atoms with Gasteiger partial charge in [-0.3, -0.25) is 4.90 Å². The molecule has 3 atom stereocenters. The number of likely N-dealkylation sites (tertiary alicyclic amines) is 1. The molecule has 0 spiro atoms. The van der Waals surface area contributed by atoms with Crippen LogP contribution in [0.4, 0.5) is 19.4 Å². The molecule has 3 aromatic heterocycles. The van der Waals surface area contributed by atoms with Crippen LogP contribution in [0.2, 0.25) is 5.02 Å². The first-order valence-electron chi connectivity index (χ1n) is 20.2. The molecule has 1 fully saturated rings. The monoisotopic (exact) mass is 874 g/mol. The SMILES string of the molecule is CCOC(=O)C1=C([C@@H]2CCCN2C(=O)OC(C)(C)C)NC(CCc2ccc(F)cc2)=C(c2n[nH]c(=O)o2)C1c1cc2ccnc(N[C@@H]3CCc4c3cc(Cl)c(OC)c4F)c2s1. The predicted molar refractivity (Wildman–Crippen MR) is 227 cm³/mol. The summed E-state index contributed by atoms with van der Waals surface area (Å²) in [5, 5.41) is 14.7. The zero-order chi connectivity index (χ0) is 43.2. The number of aryl methyl sites for hydroxylation is 1. The van der Waals surface area contributed by atoms with Gasteiger partial charge in [0.25, 0.3) is 0 Å². The molecule has 1 aliphatic carbocycles. The minimum atomic E-state index is -0.927. The molecule has 8 rings (SSSR count). The number of halogens is 3. The van der Waals surface area contributed by atoms with E-state index in [9.17, 15) is 18.8 Å². The van der Waals surface area contributed by atoms with Crippen LogP contribution in [0.3, 0.4) is 0 Å². The van der Waals surface area contributed by atoms with Crippen LogP contribution in [0.1, 0.15) is 92.8 Å². The molecule has 3 aliphatic rings. The topological polar surface area (TPSA) is 161 Å². The standard InChI is InChI=1S/C44H45ClF2N6O7S/c1-6-58-41(54)34-33(31-20-23-17-18-48-39(38(23)61-31)50-28-16-14-25-26(28)21-27(45)37(57-5)35(25)47)32(40-51-52-42(55)59-40)29(15-11-22-9-12-24(46)13-10-22)49-36(34)30-8-7-19-53(30)43(56)60-44(2,3)4/h9-10,12-13,17-18,20-21,28,30,33,49H,6-8,11,14-16,19H2,1-5H3,(H,48,50)(H,52,55)/t28-,30+,33?/m1/s1. The van der Waals surface area contributed by atoms with Crippen LogP contribution in [-0.2, 0) is 27.1 Å². The van der Waals surface area contributed by atoms with Gasteiger partial charge in [0.05, 0.1) is 47.0 Å². The average molecular weight is 875 g/mol. The minimum Gasteiger partial charge on any atom is -0.492 e. The van der Waals surface area contributed by atoms with Crippen molar-refractivity contribution in [2.24, 2.45) is 0 Å². The van der Waals surface area contributed by atoms with Crippen molar-refractivity contribution in [1.29, 1.82) is 0 Å². The Balaban J connectivity index is 1.30. The summed E-state index contributed by atoms with van der Waals surface area (Å²) in [4.78, 5) is 48.1. The van der Waals surface area contributed by atoms with E-state index in [0.29, 0.717) is 83.9 Å². The Hall–Kier alpha value is -5.74. The Morgan fingerprint density at radius 3 is 2.61 bits per heavy atom. The van der Waals surface area contributed by atoms with Crippen LogP contribution in [0.15, 0.2) is 74.8 Å². The number of hydrogen-bond donors (Lipinski definition) is 3. The molecular weight excluding hydrogens is 830 g/mol. The second kappa shape index (κ2) is 17.0. The van der Waals surface area contributed by atoms with Crippen LogP contribution < -0.4 is 21.1 Å². The molecule has 5 heterocycles. The number of fused-ring (bicyclic) bond motifs is 2. The van der Waals surface area contributed by atoms with Gasteiger partial charge in [-0.1, -0.05) is 23.7 Å². The molecule has 0 radical (unpaired) electrons. The van der Waals surface area contributed by atoms with Crippen molar-refractivity contribution in [2.75, 3.05) is 25.6 Å². The number of amides is 1. The number of H-pyrrole nitrogens is 1. The maximum Gasteiger partial charge on any atom is 0.434 e. The highest BCUT2D eigenvalue weighted by molar-refractivity contribution is 7.19. The number of nitrogens with zero attached hydrogens (tertiary/aromatic N) is 3. The van der Waals surface area contributed by atoms with E-state index < -0.39 is 41.2 Å². The number of allylic oxidation sites excluding steroid dienone is 2. The van der Waals surface area contributed by atoms with E-state index >= 15 is 4.39 Å². The molecule has 2 aliphatic heterocycles. The van der Waals surface area contributed by atoms with E-state index in [1.165, 1.54) is 30.6 Å². The normalized spacial score (nSPS) is 19.0. The zero-order valence-electron chi connectivity index (χ0n) is 34.2. The maximum atomic E-state index is 15.4. The lowest BCUT2D eigenvalue weighted by Gasteiger charge is -2.37. The van der Waals surface area contributed by atoms with Gasteiger partial charge in [0.2, 0.25) is 5.89 Å². The van der Waals surface area contributed by atoms with Crippen LogP contribution in [0, 0.1) is 11.6 Å². The Kier molecular flexibility index (Phi) is 11.7. The number of nitrogens with one attached hydrogen (secondary N) is 3. The summed E-state index contributed by atoms with van der Waals surface area (Å²) in [5.74, 6) is -2.70. The number of ether oxygens (including phenoxy) is 3. The highest BCUT2D eigenvalue weighted by Gasteiger charge is 2.45. The smallest absolute Gasteiger partial charge is 0.434 e. The second-order valence-electron chi connectivity index (χ2n) is 16.1. The fourth-order valence-electron chi connectivity index (χ4n) is 8.48. The van der Waals surface area contributed by atoms with E-state index in [4.69, 9.17) is 35.2 Å². The Labute approximate surface area is 359 Å². The Morgan fingerprint density at radius 2 is 1.90 bits per heavy atom. The molecule has 13 nitrogen and oxygen atoms in total. The van der Waals surface area contributed by atoms with Gasteiger partial charge in [0.1, 0.15) is 17.2 Å². The maximum absolute atomic E-state index is 15.4. The number of rotatable bonds is 11. The van der Waals surface area contributed by atoms with Gasteiger partial charge in [0.15, 0.2) is 11.6 Å². The highest BCUT2D eigenvalue weighted by atomic mass is 35.5. The molecular formula is C44H45ClF2N6O7S. The third-order valence-electron chi connectivity index (χ3n) is 11.1.